The van der Waals surface area contributed by atoms with E-state index in [2.05, 4.69) is 5.38 Å². The molecule has 0 unspecified atom stereocenters. The Bertz CT molecular complexity index is 64.6. The Kier molecular flexibility index (Phi) is 9.33. The van der Waals surface area contributed by atoms with Gasteiger partial charge in [-0.15, -0.1) is 5.38 Å². The first-order valence-corrected chi connectivity index (χ1v) is 2.27. The van der Waals surface area contributed by atoms with Crippen molar-refractivity contribution in [2.75, 3.05) is 0 Å². The summed E-state index contributed by atoms with van der Waals surface area (Å²) in [6, 6.07) is 3.86. The first-order valence-electron chi connectivity index (χ1n) is 1.40. The van der Waals surface area contributed by atoms with Gasteiger partial charge in [0.2, 0.25) is 0 Å². The third-order valence-electron chi connectivity index (χ3n) is 0.379. The van der Waals surface area contributed by atoms with Gasteiger partial charge in [-0.1, -0.05) is 0 Å². The van der Waals surface area contributed by atoms with Crippen LogP contribution in [-0.2, 0) is 19.5 Å². The quantitative estimate of drug-likeness (QED) is 0.405. The number of rotatable bonds is 0. The van der Waals surface area contributed by atoms with Crippen LogP contribution in [0.2, 0.25) is 0 Å². The molecule has 0 nitrogen and oxygen atoms in total. The fourth-order valence-corrected chi connectivity index (χ4v) is 0.589. The Balaban J connectivity index is 0. The van der Waals surface area contributed by atoms with Gasteiger partial charge in [0.05, 0.1) is 0 Å². The molecule has 0 bridgehead atoms. The minimum Gasteiger partial charge on any atom is -0.358 e. The molecule has 0 spiro atoms. The third-order valence-corrected chi connectivity index (χ3v) is 0.944. The minimum atomic E-state index is 0. The van der Waals surface area contributed by atoms with Crippen LogP contribution < -0.4 is 0 Å². The van der Waals surface area contributed by atoms with E-state index in [1.807, 2.05) is 17.5 Å². The molecule has 0 radical (unpaired) electrons. The Hall–Kier alpha value is 0.323. The fraction of sp³-hybridized carbons (Fsp3) is 0. The van der Waals surface area contributed by atoms with Gasteiger partial charge in [0, 0.05) is 0 Å². The van der Waals surface area contributed by atoms with Crippen molar-refractivity contribution < 1.29 is 19.5 Å². The van der Waals surface area contributed by atoms with Gasteiger partial charge < -0.3 is 18.8 Å². The average molecular weight is 164 g/mol. The minimum absolute atomic E-state index is 0. The van der Waals surface area contributed by atoms with Crippen molar-refractivity contribution in [1.82, 2.24) is 0 Å². The predicted molar refractivity (Wildman–Crippen MR) is 29.6 cm³/mol. The van der Waals surface area contributed by atoms with Crippen molar-refractivity contribution in [1.29, 1.82) is 0 Å². The molecule has 1 aromatic heterocycles. The summed E-state index contributed by atoms with van der Waals surface area (Å²) in [5.41, 5.74) is 0. The molecule has 0 amide bonds. The van der Waals surface area contributed by atoms with Gasteiger partial charge in [0.25, 0.3) is 0 Å². The second-order valence-corrected chi connectivity index (χ2v) is 1.47. The van der Waals surface area contributed by atoms with Crippen LogP contribution in [-0.4, -0.2) is 0 Å². The topological polar surface area (TPSA) is 0 Å². The van der Waals surface area contributed by atoms with Gasteiger partial charge in [0.15, 0.2) is 0 Å². The van der Waals surface area contributed by atoms with Crippen LogP contribution in [0.25, 0.3) is 0 Å². The van der Waals surface area contributed by atoms with Crippen LogP contribution in [0.3, 0.4) is 0 Å². The smallest absolute Gasteiger partial charge is 0.358 e. The molecule has 0 aliphatic heterocycles. The Morgan fingerprint density at radius 3 is 2.29 bits per heavy atom. The summed E-state index contributed by atoms with van der Waals surface area (Å²) in [6.45, 7) is 0. The van der Waals surface area contributed by atoms with E-state index in [0.29, 0.717) is 0 Å². The van der Waals surface area contributed by atoms with Crippen LogP contribution >= 0.6 is 11.3 Å². The van der Waals surface area contributed by atoms with E-state index in [9.17, 15) is 0 Å². The molecular formula is C5H6SZn. The molecule has 0 N–H and O–H groups in total. The second-order valence-electron chi connectivity index (χ2n) is 0.731. The molecule has 0 aliphatic carbocycles. The molecular weight excluding hydrogens is 158 g/mol. The molecule has 1 heterocycles. The summed E-state index contributed by atoms with van der Waals surface area (Å²) in [4.78, 5) is 0. The van der Waals surface area contributed by atoms with Gasteiger partial charge in [-0.3, -0.25) is 0 Å². The monoisotopic (exact) mass is 162 g/mol. The number of thiophene rings is 1. The molecule has 0 atom stereocenters. The van der Waals surface area contributed by atoms with Gasteiger partial charge in [-0.25, -0.2) is 6.07 Å². The summed E-state index contributed by atoms with van der Waals surface area (Å²) >= 11 is 1.59. The second kappa shape index (κ2) is 6.32. The van der Waals surface area contributed by atoms with E-state index in [-0.39, 0.29) is 26.9 Å². The molecule has 7 heavy (non-hydrogen) atoms. The van der Waals surface area contributed by atoms with Crippen LogP contribution in [0, 0.1) is 12.8 Å². The van der Waals surface area contributed by atoms with Gasteiger partial charge >= 0.3 is 19.5 Å². The Morgan fingerprint density at radius 1 is 1.43 bits per heavy atom. The maximum atomic E-state index is 2.90. The van der Waals surface area contributed by atoms with Gasteiger partial charge in [-0.05, 0) is 0 Å². The first kappa shape index (κ1) is 10.3. The molecule has 0 aliphatic rings. The molecule has 34 valence electrons. The fourth-order valence-electron chi connectivity index (χ4n) is 0.196. The summed E-state index contributed by atoms with van der Waals surface area (Å²) in [5.74, 6) is 0. The zero-order chi connectivity index (χ0) is 3.54. The summed E-state index contributed by atoms with van der Waals surface area (Å²) in [5, 5.41) is 4.89. The normalized spacial score (nSPS) is 5.71. The molecule has 0 saturated carbocycles. The Labute approximate surface area is 61.3 Å². The van der Waals surface area contributed by atoms with Crippen molar-refractivity contribution in [2.24, 2.45) is 0 Å². The summed E-state index contributed by atoms with van der Waals surface area (Å²) in [6.07, 6.45) is 0. The summed E-state index contributed by atoms with van der Waals surface area (Å²) in [7, 11) is 0. The average Bonchev–Trinajstić information content (AvgIpc) is 1.76. The van der Waals surface area contributed by atoms with Crippen molar-refractivity contribution in [3.05, 3.63) is 30.3 Å². The van der Waals surface area contributed by atoms with Crippen molar-refractivity contribution >= 4 is 11.3 Å². The zero-order valence-electron chi connectivity index (χ0n) is 4.35. The molecule has 0 fully saturated rings. The molecule has 2 heteroatoms. The van der Waals surface area contributed by atoms with Crippen molar-refractivity contribution in [2.45, 2.75) is 0 Å². The van der Waals surface area contributed by atoms with E-state index >= 15 is 0 Å². The molecule has 1 rings (SSSR count). The van der Waals surface area contributed by atoms with Gasteiger partial charge in [-0.2, -0.15) is 11.4 Å². The van der Waals surface area contributed by atoms with E-state index in [4.69, 9.17) is 0 Å². The summed E-state index contributed by atoms with van der Waals surface area (Å²) < 4.78 is 0. The van der Waals surface area contributed by atoms with E-state index < -0.39 is 0 Å². The molecule has 0 saturated heterocycles. The zero-order valence-corrected chi connectivity index (χ0v) is 8.13. The van der Waals surface area contributed by atoms with Crippen molar-refractivity contribution in [3.8, 4) is 0 Å². The first-order chi connectivity index (χ1) is 2.50. The van der Waals surface area contributed by atoms with Crippen molar-refractivity contribution in [3.63, 3.8) is 0 Å². The van der Waals surface area contributed by atoms with Crippen LogP contribution in [0.5, 0.6) is 0 Å². The molecule has 0 aromatic carbocycles. The van der Waals surface area contributed by atoms with E-state index in [1.54, 1.807) is 11.3 Å². The third kappa shape index (κ3) is 4.17. The van der Waals surface area contributed by atoms with Gasteiger partial charge in [0.1, 0.15) is 0 Å². The standard InChI is InChI=1S/C4H3S.CH3.Zn/c1-2-4-5-3-1;;/h1-3H;1H3;/q2*-1;+2. The van der Waals surface area contributed by atoms with Crippen LogP contribution in [0.4, 0.5) is 0 Å². The predicted octanol–water partition coefficient (Wildman–Crippen LogP) is 2.00. The van der Waals surface area contributed by atoms with Crippen LogP contribution in [0.15, 0.2) is 17.5 Å². The SMILES string of the molecule is [CH3-].[Zn+2].[c-]1cccs1. The maximum absolute atomic E-state index is 2.90. The van der Waals surface area contributed by atoms with E-state index in [0.717, 1.165) is 0 Å². The van der Waals surface area contributed by atoms with E-state index in [1.165, 1.54) is 0 Å². The number of hydrogen-bond donors (Lipinski definition) is 0. The largest absolute Gasteiger partial charge is 2.00 e. The maximum Gasteiger partial charge on any atom is 2.00 e. The van der Waals surface area contributed by atoms with Crippen LogP contribution in [0.1, 0.15) is 0 Å². The number of hydrogen-bond acceptors (Lipinski definition) is 1. The molecule has 1 aromatic rings. The Morgan fingerprint density at radius 2 is 2.14 bits per heavy atom.